The van der Waals surface area contributed by atoms with Crippen LogP contribution in [0.15, 0.2) is 382 Å². The Morgan fingerprint density at radius 2 is 0.510 bits per heavy atom. The second-order valence-corrected chi connectivity index (χ2v) is 26.2. The van der Waals surface area contributed by atoms with E-state index in [2.05, 4.69) is 410 Å². The summed E-state index contributed by atoms with van der Waals surface area (Å²) in [4.78, 5) is 11.2. The Kier molecular flexibility index (Phi) is 13.8. The molecule has 102 heavy (non-hydrogen) atoms. The highest BCUT2D eigenvalue weighted by Gasteiger charge is 2.32. The van der Waals surface area contributed by atoms with Crippen LogP contribution < -0.4 is 9.80 Å². The summed E-state index contributed by atoms with van der Waals surface area (Å²) in [6.45, 7) is 0. The summed E-state index contributed by atoms with van der Waals surface area (Å²) in [5.41, 5.74) is 23.3. The van der Waals surface area contributed by atoms with Gasteiger partial charge >= 0.3 is 0 Å². The fourth-order valence-electron chi connectivity index (χ4n) is 16.2. The van der Waals surface area contributed by atoms with Crippen LogP contribution in [0.2, 0.25) is 0 Å². The number of hydrogen-bond donors (Lipinski definition) is 0. The molecule has 15 aromatic carbocycles. The standard InChI is InChI=1S/C95H63N7/c1-6-30-64(31-7-1)73-40-16-17-47-80(73)92-91(65-54-56-70(57-55-65)99-89-60-58-71(97(66-32-8-2-9-33-66)67-34-10-3-11-35-67)62-81(89)82-63-72(59-61-90(82)99)98(68-36-12-4-13-37-68)69-38-14-5-15-39-69)94(101-85-50-26-20-43-76(85)77-44-21-27-51-86(77)101)96-95(102-87-52-28-22-45-78(87)79-46-23-29-53-88(79)102)93(92)100-83-48-24-18-41-74(83)75-42-19-25-49-84(75)100/h1-63H. The van der Waals surface area contributed by atoms with Gasteiger partial charge < -0.3 is 18.9 Å². The zero-order valence-corrected chi connectivity index (χ0v) is 55.5. The number of benzene rings is 15. The van der Waals surface area contributed by atoms with Crippen LogP contribution in [0.4, 0.5) is 34.1 Å². The molecule has 20 aromatic rings. The maximum atomic E-state index is 6.47. The average molecular weight is 1300 g/mol. The van der Waals surface area contributed by atoms with Gasteiger partial charge in [0.1, 0.15) is 5.82 Å². The molecule has 0 saturated carbocycles. The number of hydrogen-bond acceptors (Lipinski definition) is 3. The number of nitrogens with zero attached hydrogens (tertiary/aromatic N) is 7. The third-order valence-corrected chi connectivity index (χ3v) is 20.5. The molecule has 0 amide bonds. The van der Waals surface area contributed by atoms with Gasteiger partial charge in [0.05, 0.1) is 49.8 Å². The Bertz CT molecular complexity index is 6230. The van der Waals surface area contributed by atoms with Gasteiger partial charge in [0, 0.05) is 94.0 Å². The van der Waals surface area contributed by atoms with Gasteiger partial charge in [-0.25, -0.2) is 4.98 Å². The zero-order valence-electron chi connectivity index (χ0n) is 55.5. The molecule has 0 N–H and O–H groups in total. The minimum atomic E-state index is 0.800. The second kappa shape index (κ2) is 24.1. The summed E-state index contributed by atoms with van der Waals surface area (Å²) in [5, 5.41) is 9.17. The quantitative estimate of drug-likeness (QED) is 0.115. The van der Waals surface area contributed by atoms with E-state index in [0.717, 1.165) is 178 Å². The van der Waals surface area contributed by atoms with E-state index in [4.69, 9.17) is 4.98 Å². The molecule has 0 radical (unpaired) electrons. The van der Waals surface area contributed by atoms with Gasteiger partial charge in [-0.15, -0.1) is 0 Å². The number of fused-ring (bicyclic) bond motifs is 12. The van der Waals surface area contributed by atoms with Gasteiger partial charge in [-0.2, -0.15) is 0 Å². The van der Waals surface area contributed by atoms with E-state index in [-0.39, 0.29) is 0 Å². The number of aromatic nitrogens is 5. The predicted octanol–water partition coefficient (Wildman–Crippen LogP) is 25.4. The molecule has 0 spiro atoms. The summed E-state index contributed by atoms with van der Waals surface area (Å²) < 4.78 is 9.87. The van der Waals surface area contributed by atoms with Crippen LogP contribution in [0.25, 0.3) is 144 Å². The minimum Gasteiger partial charge on any atom is -0.310 e. The van der Waals surface area contributed by atoms with Crippen LogP contribution in [0.3, 0.4) is 0 Å². The van der Waals surface area contributed by atoms with Crippen LogP contribution in [0.5, 0.6) is 0 Å². The minimum absolute atomic E-state index is 0.800. The van der Waals surface area contributed by atoms with Crippen molar-refractivity contribution < 1.29 is 0 Å². The summed E-state index contributed by atoms with van der Waals surface area (Å²) in [5.74, 6) is 1.60. The third-order valence-electron chi connectivity index (χ3n) is 20.5. The largest absolute Gasteiger partial charge is 0.310 e. The molecule has 0 bridgehead atoms. The average Bonchev–Trinajstić information content (AvgIpc) is 1.45. The maximum absolute atomic E-state index is 6.47. The Balaban J connectivity index is 0.916. The lowest BCUT2D eigenvalue weighted by Crippen LogP contribution is -2.14. The molecule has 0 aliphatic heterocycles. The molecule has 0 saturated heterocycles. The summed E-state index contributed by atoms with van der Waals surface area (Å²) >= 11 is 0. The fourth-order valence-corrected chi connectivity index (χ4v) is 16.2. The molecule has 0 aliphatic rings. The first-order valence-corrected chi connectivity index (χ1v) is 34.9. The van der Waals surface area contributed by atoms with Crippen molar-refractivity contribution in [2.75, 3.05) is 9.80 Å². The first-order valence-electron chi connectivity index (χ1n) is 34.9. The molecule has 7 nitrogen and oxygen atoms in total. The van der Waals surface area contributed by atoms with Gasteiger partial charge in [0.25, 0.3) is 0 Å². The molecule has 0 unspecified atom stereocenters. The number of rotatable bonds is 13. The van der Waals surface area contributed by atoms with Gasteiger partial charge in [0.2, 0.25) is 0 Å². The van der Waals surface area contributed by atoms with Crippen molar-refractivity contribution in [3.8, 4) is 56.4 Å². The lowest BCUT2D eigenvalue weighted by molar-refractivity contribution is 0.987. The third kappa shape index (κ3) is 9.33. The normalized spacial score (nSPS) is 11.7. The SMILES string of the molecule is c1ccc(-c2ccccc2-c2c(-c3ccc(-n4c5ccc(N(c6ccccc6)c6ccccc6)cc5c5cc(N(c6ccccc6)c6ccccc6)ccc54)cc3)c(-n3c4ccccc4c4ccccc43)nc(-n3c4ccccc4c4ccccc43)c2-n2c3ccccc3c3ccccc32)cc1. The van der Waals surface area contributed by atoms with E-state index in [9.17, 15) is 0 Å². The van der Waals surface area contributed by atoms with Crippen LogP contribution in [0.1, 0.15) is 0 Å². The van der Waals surface area contributed by atoms with Crippen molar-refractivity contribution in [3.05, 3.63) is 382 Å². The lowest BCUT2D eigenvalue weighted by atomic mass is 9.88. The molecule has 20 rings (SSSR count). The summed E-state index contributed by atoms with van der Waals surface area (Å²) in [7, 11) is 0. The van der Waals surface area contributed by atoms with Gasteiger partial charge in [-0.05, 0) is 156 Å². The van der Waals surface area contributed by atoms with E-state index < -0.39 is 0 Å². The van der Waals surface area contributed by atoms with Crippen molar-refractivity contribution in [3.63, 3.8) is 0 Å². The molecule has 5 heterocycles. The topological polar surface area (TPSA) is 39.1 Å². The van der Waals surface area contributed by atoms with Crippen LogP contribution >= 0.6 is 0 Å². The van der Waals surface area contributed by atoms with Crippen LogP contribution in [-0.4, -0.2) is 23.3 Å². The molecule has 0 aliphatic carbocycles. The molecule has 0 atom stereocenters. The molecular weight excluding hydrogens is 1240 g/mol. The highest BCUT2D eigenvalue weighted by molar-refractivity contribution is 6.16. The van der Waals surface area contributed by atoms with Crippen LogP contribution in [0, 0.1) is 0 Å². The highest BCUT2D eigenvalue weighted by atomic mass is 15.2. The van der Waals surface area contributed by atoms with E-state index in [1.54, 1.807) is 0 Å². The van der Waals surface area contributed by atoms with E-state index >= 15 is 0 Å². The number of para-hydroxylation sites is 10. The van der Waals surface area contributed by atoms with Crippen molar-refractivity contribution in [2.45, 2.75) is 0 Å². The Hall–Kier alpha value is -13.8. The fraction of sp³-hybridized carbons (Fsp3) is 0. The molecule has 7 heteroatoms. The smallest absolute Gasteiger partial charge is 0.165 e. The molecule has 478 valence electrons. The molecular formula is C95H63N7. The summed E-state index contributed by atoms with van der Waals surface area (Å²) in [6.07, 6.45) is 0. The van der Waals surface area contributed by atoms with Crippen molar-refractivity contribution >= 4 is 121 Å². The Labute approximate surface area is 589 Å². The predicted molar refractivity (Wildman–Crippen MR) is 427 cm³/mol. The van der Waals surface area contributed by atoms with Crippen molar-refractivity contribution in [1.82, 2.24) is 23.3 Å². The van der Waals surface area contributed by atoms with Gasteiger partial charge in [-0.3, -0.25) is 9.13 Å². The first kappa shape index (κ1) is 58.4. The second-order valence-electron chi connectivity index (χ2n) is 26.2. The first-order chi connectivity index (χ1) is 50.7. The van der Waals surface area contributed by atoms with Crippen LogP contribution in [-0.2, 0) is 0 Å². The molecule has 5 aromatic heterocycles. The lowest BCUT2D eigenvalue weighted by Gasteiger charge is -2.27. The van der Waals surface area contributed by atoms with Gasteiger partial charge in [-0.1, -0.05) is 249 Å². The van der Waals surface area contributed by atoms with E-state index in [1.807, 2.05) is 0 Å². The number of pyridine rings is 1. The maximum Gasteiger partial charge on any atom is 0.165 e. The summed E-state index contributed by atoms with van der Waals surface area (Å²) in [6, 6.07) is 139. The van der Waals surface area contributed by atoms with Gasteiger partial charge in [0.15, 0.2) is 5.82 Å². The van der Waals surface area contributed by atoms with E-state index in [1.165, 1.54) is 0 Å². The van der Waals surface area contributed by atoms with Crippen molar-refractivity contribution in [2.24, 2.45) is 0 Å². The monoisotopic (exact) mass is 1300 g/mol. The van der Waals surface area contributed by atoms with E-state index in [0.29, 0.717) is 0 Å². The van der Waals surface area contributed by atoms with Crippen molar-refractivity contribution in [1.29, 1.82) is 0 Å². The Morgan fingerprint density at radius 1 is 0.196 bits per heavy atom. The molecule has 0 fully saturated rings. The zero-order chi connectivity index (χ0) is 67.2. The Morgan fingerprint density at radius 3 is 0.902 bits per heavy atom. The number of anilines is 6. The highest BCUT2D eigenvalue weighted by Crippen LogP contribution is 2.52.